The molecule has 0 heterocycles. The molecule has 0 aliphatic heterocycles. The van der Waals surface area contributed by atoms with Gasteiger partial charge in [0.15, 0.2) is 0 Å². The number of carbonyl (C=O) groups is 1. The molecule has 0 fully saturated rings. The average Bonchev–Trinajstić information content (AvgIpc) is 2.55. The highest BCUT2D eigenvalue weighted by Crippen LogP contribution is 2.11. The Balaban J connectivity index is 1.85. The molecule has 0 aromatic heterocycles. The number of rotatable bonds is 8. The lowest BCUT2D eigenvalue weighted by Gasteiger charge is -2.10. The fraction of sp³-hybridized carbons (Fsp3) is 0.316. The van der Waals surface area contributed by atoms with Crippen LogP contribution in [0.5, 0.6) is 0 Å². The van der Waals surface area contributed by atoms with E-state index in [0.717, 1.165) is 11.1 Å². The monoisotopic (exact) mass is 394 g/mol. The summed E-state index contributed by atoms with van der Waals surface area (Å²) in [6.07, 6.45) is 0.286. The van der Waals surface area contributed by atoms with Crippen LogP contribution in [-0.4, -0.2) is 20.4 Å². The summed E-state index contributed by atoms with van der Waals surface area (Å²) in [5, 5.41) is 3.49. The fourth-order valence-corrected chi connectivity index (χ4v) is 3.98. The Morgan fingerprint density at radius 2 is 1.50 bits per heavy atom. The fourth-order valence-electron chi connectivity index (χ4n) is 2.42. The standard InChI is InChI=1S/C19H23ClN2O3S/c1-14(2)22-26(24,25)13-17-5-3-16(4-6-17)12-21-19(23)11-15-7-9-18(20)10-8-15/h3-10,14,22H,11-13H2,1-2H3,(H,21,23). The van der Waals surface area contributed by atoms with Crippen LogP contribution in [0, 0.1) is 0 Å². The lowest BCUT2D eigenvalue weighted by atomic mass is 10.1. The Kier molecular flexibility index (Phi) is 7.20. The molecule has 0 saturated carbocycles. The molecule has 2 N–H and O–H groups in total. The predicted molar refractivity (Wildman–Crippen MR) is 104 cm³/mol. The van der Waals surface area contributed by atoms with Crippen molar-refractivity contribution in [3.8, 4) is 0 Å². The molecule has 0 bridgehead atoms. The van der Waals surface area contributed by atoms with Crippen molar-refractivity contribution in [2.45, 2.75) is 38.6 Å². The van der Waals surface area contributed by atoms with E-state index in [9.17, 15) is 13.2 Å². The van der Waals surface area contributed by atoms with Crippen LogP contribution >= 0.6 is 11.6 Å². The third-order valence-corrected chi connectivity index (χ3v) is 5.36. The summed E-state index contributed by atoms with van der Waals surface area (Å²) < 4.78 is 26.4. The smallest absolute Gasteiger partial charge is 0.224 e. The number of halogens is 1. The zero-order valence-electron chi connectivity index (χ0n) is 14.8. The van der Waals surface area contributed by atoms with Crippen molar-refractivity contribution in [2.24, 2.45) is 0 Å². The van der Waals surface area contributed by atoms with Crippen molar-refractivity contribution < 1.29 is 13.2 Å². The van der Waals surface area contributed by atoms with E-state index >= 15 is 0 Å². The molecule has 1 amide bonds. The van der Waals surface area contributed by atoms with Gasteiger partial charge >= 0.3 is 0 Å². The van der Waals surface area contributed by atoms with Crippen LogP contribution in [0.1, 0.15) is 30.5 Å². The number of hydrogen-bond donors (Lipinski definition) is 2. The van der Waals surface area contributed by atoms with Crippen LogP contribution < -0.4 is 10.0 Å². The Hall–Kier alpha value is -1.89. The molecular weight excluding hydrogens is 372 g/mol. The molecule has 2 rings (SSSR count). The van der Waals surface area contributed by atoms with E-state index in [4.69, 9.17) is 11.6 Å². The molecule has 0 aliphatic carbocycles. The second-order valence-corrected chi connectivity index (χ2v) is 8.62. The van der Waals surface area contributed by atoms with Crippen LogP contribution in [0.4, 0.5) is 0 Å². The maximum atomic E-state index is 12.0. The minimum Gasteiger partial charge on any atom is -0.352 e. The number of amides is 1. The predicted octanol–water partition coefficient (Wildman–Crippen LogP) is 3.03. The molecule has 2 aromatic rings. The topological polar surface area (TPSA) is 75.3 Å². The van der Waals surface area contributed by atoms with Gasteiger partial charge in [-0.05, 0) is 42.7 Å². The molecule has 0 aliphatic rings. The van der Waals surface area contributed by atoms with Gasteiger partial charge in [0.25, 0.3) is 0 Å². The zero-order chi connectivity index (χ0) is 19.2. The van der Waals surface area contributed by atoms with Crippen molar-refractivity contribution in [3.05, 3.63) is 70.2 Å². The summed E-state index contributed by atoms with van der Waals surface area (Å²) >= 11 is 5.82. The summed E-state index contributed by atoms with van der Waals surface area (Å²) in [6, 6.07) is 14.2. The molecule has 5 nitrogen and oxygen atoms in total. The van der Waals surface area contributed by atoms with Gasteiger partial charge in [-0.1, -0.05) is 48.0 Å². The quantitative estimate of drug-likeness (QED) is 0.722. The Morgan fingerprint density at radius 3 is 2.08 bits per heavy atom. The third kappa shape index (κ3) is 7.15. The molecule has 2 aromatic carbocycles. The van der Waals surface area contributed by atoms with E-state index in [-0.39, 0.29) is 24.1 Å². The second kappa shape index (κ2) is 9.16. The number of hydrogen-bond acceptors (Lipinski definition) is 3. The maximum absolute atomic E-state index is 12.0. The zero-order valence-corrected chi connectivity index (χ0v) is 16.4. The van der Waals surface area contributed by atoms with Crippen molar-refractivity contribution in [3.63, 3.8) is 0 Å². The minimum atomic E-state index is -3.34. The van der Waals surface area contributed by atoms with Gasteiger partial charge in [0.05, 0.1) is 12.2 Å². The van der Waals surface area contributed by atoms with E-state index in [2.05, 4.69) is 10.0 Å². The molecule has 0 atom stereocenters. The molecular formula is C19H23ClN2O3S. The van der Waals surface area contributed by atoms with Crippen molar-refractivity contribution in [1.82, 2.24) is 10.0 Å². The van der Waals surface area contributed by atoms with Crippen LogP contribution in [0.2, 0.25) is 5.02 Å². The van der Waals surface area contributed by atoms with Gasteiger partial charge in [-0.25, -0.2) is 13.1 Å². The van der Waals surface area contributed by atoms with Gasteiger partial charge < -0.3 is 5.32 Å². The van der Waals surface area contributed by atoms with Gasteiger partial charge in [0.1, 0.15) is 0 Å². The lowest BCUT2D eigenvalue weighted by Crippen LogP contribution is -2.31. The SMILES string of the molecule is CC(C)NS(=O)(=O)Cc1ccc(CNC(=O)Cc2ccc(Cl)cc2)cc1. The largest absolute Gasteiger partial charge is 0.352 e. The van der Waals surface area contributed by atoms with E-state index < -0.39 is 10.0 Å². The Morgan fingerprint density at radius 1 is 0.962 bits per heavy atom. The molecule has 0 saturated heterocycles. The Labute approximate surface area is 159 Å². The van der Waals surface area contributed by atoms with Gasteiger partial charge in [0, 0.05) is 17.6 Å². The van der Waals surface area contributed by atoms with E-state index in [1.165, 1.54) is 0 Å². The molecule has 7 heteroatoms. The van der Waals surface area contributed by atoms with Crippen LogP contribution in [0.25, 0.3) is 0 Å². The average molecular weight is 395 g/mol. The van der Waals surface area contributed by atoms with Crippen molar-refractivity contribution in [2.75, 3.05) is 0 Å². The highest BCUT2D eigenvalue weighted by atomic mass is 35.5. The first-order valence-corrected chi connectivity index (χ1v) is 10.4. The minimum absolute atomic E-state index is 0.0611. The molecule has 140 valence electrons. The van der Waals surface area contributed by atoms with E-state index in [1.807, 2.05) is 24.3 Å². The van der Waals surface area contributed by atoms with Crippen LogP contribution in [0.15, 0.2) is 48.5 Å². The third-order valence-electron chi connectivity index (χ3n) is 3.56. The number of benzene rings is 2. The first-order valence-electron chi connectivity index (χ1n) is 8.32. The first kappa shape index (κ1) is 20.4. The molecule has 0 spiro atoms. The van der Waals surface area contributed by atoms with Crippen LogP contribution in [-0.2, 0) is 33.5 Å². The number of nitrogens with one attached hydrogen (secondary N) is 2. The summed E-state index contributed by atoms with van der Waals surface area (Å²) in [5.41, 5.74) is 2.51. The van der Waals surface area contributed by atoms with Gasteiger partial charge in [-0.2, -0.15) is 0 Å². The van der Waals surface area contributed by atoms with Crippen molar-refractivity contribution in [1.29, 1.82) is 0 Å². The summed E-state index contributed by atoms with van der Waals surface area (Å²) in [6.45, 7) is 3.96. The highest BCUT2D eigenvalue weighted by Gasteiger charge is 2.12. The van der Waals surface area contributed by atoms with Gasteiger partial charge in [-0.15, -0.1) is 0 Å². The van der Waals surface area contributed by atoms with E-state index in [0.29, 0.717) is 17.1 Å². The van der Waals surface area contributed by atoms with Gasteiger partial charge in [-0.3, -0.25) is 4.79 Å². The number of carbonyl (C=O) groups excluding carboxylic acids is 1. The van der Waals surface area contributed by atoms with E-state index in [1.54, 1.807) is 38.1 Å². The summed E-state index contributed by atoms with van der Waals surface area (Å²) in [4.78, 5) is 12.0. The maximum Gasteiger partial charge on any atom is 0.224 e. The molecule has 0 unspecified atom stereocenters. The normalized spacial score (nSPS) is 11.5. The Bertz CT molecular complexity index is 832. The van der Waals surface area contributed by atoms with Gasteiger partial charge in [0.2, 0.25) is 15.9 Å². The molecule has 26 heavy (non-hydrogen) atoms. The summed E-state index contributed by atoms with van der Waals surface area (Å²) in [5.74, 6) is -0.144. The summed E-state index contributed by atoms with van der Waals surface area (Å²) in [7, 11) is -3.34. The molecule has 0 radical (unpaired) electrons. The van der Waals surface area contributed by atoms with Crippen molar-refractivity contribution >= 4 is 27.5 Å². The number of sulfonamides is 1. The lowest BCUT2D eigenvalue weighted by molar-refractivity contribution is -0.120. The second-order valence-electron chi connectivity index (χ2n) is 6.43. The van der Waals surface area contributed by atoms with Crippen LogP contribution in [0.3, 0.4) is 0 Å². The highest BCUT2D eigenvalue weighted by molar-refractivity contribution is 7.88. The first-order chi connectivity index (χ1) is 12.2.